The number of fused-ring (bicyclic) bond motifs is 1. The Kier molecular flexibility index (Phi) is 13.3. The summed E-state index contributed by atoms with van der Waals surface area (Å²) in [6.07, 6.45) is 0.191. The molecule has 2 aliphatic rings. The molecule has 0 bridgehead atoms. The molecular weight excluding hydrogens is 528 g/mol. The van der Waals surface area contributed by atoms with Crippen molar-refractivity contribution in [2.45, 2.75) is 18.9 Å². The molecule has 1 atom stereocenters. The molecule has 0 aliphatic carbocycles. The van der Waals surface area contributed by atoms with Crippen LogP contribution in [0.1, 0.15) is 33.6 Å². The fourth-order valence-electron chi connectivity index (χ4n) is 3.98. The highest BCUT2D eigenvalue weighted by Gasteiger charge is 2.44. The van der Waals surface area contributed by atoms with Gasteiger partial charge in [-0.2, -0.15) is 0 Å². The Balaban J connectivity index is 1.19. The second kappa shape index (κ2) is 17.2. The maximum Gasteiger partial charge on any atom is 0.262 e. The monoisotopic (exact) mass is 562 g/mol. The van der Waals surface area contributed by atoms with E-state index >= 15 is 0 Å². The number of amides is 4. The van der Waals surface area contributed by atoms with Crippen molar-refractivity contribution in [2.24, 2.45) is 5.11 Å². The van der Waals surface area contributed by atoms with Gasteiger partial charge in [0.25, 0.3) is 11.8 Å². The fraction of sp³-hybridized carbons (Fsp3) is 0.600. The molecule has 0 radical (unpaired) electrons. The van der Waals surface area contributed by atoms with E-state index in [2.05, 4.69) is 20.7 Å². The van der Waals surface area contributed by atoms with Crippen molar-refractivity contribution in [3.63, 3.8) is 0 Å². The quantitative estimate of drug-likeness (QED) is 0.0759. The second-order valence-corrected chi connectivity index (χ2v) is 8.65. The van der Waals surface area contributed by atoms with E-state index in [0.717, 1.165) is 4.90 Å². The molecule has 218 valence electrons. The summed E-state index contributed by atoms with van der Waals surface area (Å²) in [6.45, 7) is 5.00. The third-order valence-electron chi connectivity index (χ3n) is 5.90. The SMILES string of the molecule is [N-]=[N+]=NCCOCCOCCOCCOCCOCCNc1ccc2c(c1)C(=O)N(C1CCC(=O)NC1=O)C2=O. The number of hydrogen-bond acceptors (Lipinski definition) is 11. The molecule has 4 amide bonds. The molecule has 1 aromatic carbocycles. The average Bonchev–Trinajstić information content (AvgIpc) is 3.19. The van der Waals surface area contributed by atoms with Crippen LogP contribution in [-0.4, -0.2) is 114 Å². The van der Waals surface area contributed by atoms with Crippen molar-refractivity contribution in [3.05, 3.63) is 39.8 Å². The number of ether oxygens (including phenoxy) is 5. The van der Waals surface area contributed by atoms with Crippen molar-refractivity contribution in [2.75, 3.05) is 84.5 Å². The first-order valence-corrected chi connectivity index (χ1v) is 13.0. The van der Waals surface area contributed by atoms with Crippen LogP contribution >= 0.6 is 0 Å². The maximum atomic E-state index is 12.9. The minimum absolute atomic E-state index is 0.0754. The summed E-state index contributed by atoms with van der Waals surface area (Å²) < 4.78 is 26.9. The zero-order valence-electron chi connectivity index (χ0n) is 22.2. The van der Waals surface area contributed by atoms with E-state index in [4.69, 9.17) is 29.2 Å². The number of nitrogens with zero attached hydrogens (tertiary/aromatic N) is 4. The summed E-state index contributed by atoms with van der Waals surface area (Å²) in [5.74, 6) is -2.13. The Labute approximate surface area is 231 Å². The lowest BCUT2D eigenvalue weighted by molar-refractivity contribution is -0.136. The number of anilines is 1. The maximum absolute atomic E-state index is 12.9. The number of carbonyl (C=O) groups is 4. The number of hydrogen-bond donors (Lipinski definition) is 2. The Bertz CT molecular complexity index is 1080. The zero-order valence-corrected chi connectivity index (χ0v) is 22.2. The van der Waals surface area contributed by atoms with Crippen molar-refractivity contribution in [1.82, 2.24) is 10.2 Å². The summed E-state index contributed by atoms with van der Waals surface area (Å²) in [5, 5.41) is 8.68. The Hall–Kier alpha value is -3.59. The van der Waals surface area contributed by atoms with Crippen molar-refractivity contribution >= 4 is 29.3 Å². The van der Waals surface area contributed by atoms with Crippen LogP contribution in [0.15, 0.2) is 23.3 Å². The van der Waals surface area contributed by atoms with Gasteiger partial charge in [-0.15, -0.1) is 0 Å². The lowest BCUT2D eigenvalue weighted by Gasteiger charge is -2.27. The molecule has 15 nitrogen and oxygen atoms in total. The average molecular weight is 563 g/mol. The van der Waals surface area contributed by atoms with Crippen LogP contribution in [0.4, 0.5) is 5.69 Å². The van der Waals surface area contributed by atoms with Crippen LogP contribution < -0.4 is 10.6 Å². The van der Waals surface area contributed by atoms with Gasteiger partial charge >= 0.3 is 0 Å². The van der Waals surface area contributed by atoms with Gasteiger partial charge < -0.3 is 29.0 Å². The van der Waals surface area contributed by atoms with E-state index in [0.29, 0.717) is 84.8 Å². The molecule has 0 spiro atoms. The molecule has 0 aromatic heterocycles. The fourth-order valence-corrected chi connectivity index (χ4v) is 3.98. The van der Waals surface area contributed by atoms with Crippen molar-refractivity contribution < 1.29 is 42.9 Å². The van der Waals surface area contributed by atoms with Crippen molar-refractivity contribution in [1.29, 1.82) is 0 Å². The van der Waals surface area contributed by atoms with Crippen LogP contribution in [-0.2, 0) is 33.3 Å². The summed E-state index contributed by atoms with van der Waals surface area (Å²) in [4.78, 5) is 52.8. The van der Waals surface area contributed by atoms with Crippen LogP contribution in [0.2, 0.25) is 0 Å². The topological polar surface area (TPSA) is 190 Å². The van der Waals surface area contributed by atoms with Crippen LogP contribution in [0.5, 0.6) is 0 Å². The zero-order chi connectivity index (χ0) is 28.6. The second-order valence-electron chi connectivity index (χ2n) is 8.65. The van der Waals surface area contributed by atoms with Crippen molar-refractivity contribution in [3.8, 4) is 0 Å². The van der Waals surface area contributed by atoms with E-state index in [1.54, 1.807) is 18.2 Å². The lowest BCUT2D eigenvalue weighted by Crippen LogP contribution is -2.54. The summed E-state index contributed by atoms with van der Waals surface area (Å²) >= 11 is 0. The number of imide groups is 2. The van der Waals surface area contributed by atoms with E-state index in [-0.39, 0.29) is 24.0 Å². The van der Waals surface area contributed by atoms with Gasteiger partial charge in [-0.25, -0.2) is 0 Å². The van der Waals surface area contributed by atoms with Crippen LogP contribution in [0.3, 0.4) is 0 Å². The molecule has 3 rings (SSSR count). The van der Waals surface area contributed by atoms with Gasteiger partial charge in [0.2, 0.25) is 11.8 Å². The highest BCUT2D eigenvalue weighted by molar-refractivity contribution is 6.23. The molecule has 2 N–H and O–H groups in total. The number of benzene rings is 1. The predicted molar refractivity (Wildman–Crippen MR) is 140 cm³/mol. The molecule has 40 heavy (non-hydrogen) atoms. The van der Waals surface area contributed by atoms with E-state index < -0.39 is 29.7 Å². The van der Waals surface area contributed by atoms with Gasteiger partial charge in [-0.3, -0.25) is 29.4 Å². The van der Waals surface area contributed by atoms with Gasteiger partial charge in [0.1, 0.15) is 6.04 Å². The first-order chi connectivity index (χ1) is 19.5. The smallest absolute Gasteiger partial charge is 0.262 e. The third kappa shape index (κ3) is 9.55. The normalized spacial score (nSPS) is 16.6. The summed E-state index contributed by atoms with van der Waals surface area (Å²) in [6, 6.07) is 3.83. The minimum atomic E-state index is -0.989. The Morgan fingerprint density at radius 3 is 2.02 bits per heavy atom. The molecule has 0 saturated carbocycles. The number of carbonyl (C=O) groups excluding carboxylic acids is 4. The van der Waals surface area contributed by atoms with Gasteiger partial charge in [-0.1, -0.05) is 5.11 Å². The molecule has 15 heteroatoms. The van der Waals surface area contributed by atoms with Gasteiger partial charge in [0.05, 0.1) is 77.2 Å². The van der Waals surface area contributed by atoms with Gasteiger partial charge in [0.15, 0.2) is 0 Å². The number of azide groups is 1. The lowest BCUT2D eigenvalue weighted by atomic mass is 10.0. The van der Waals surface area contributed by atoms with Gasteiger partial charge in [-0.05, 0) is 30.2 Å². The third-order valence-corrected chi connectivity index (χ3v) is 5.90. The Morgan fingerprint density at radius 1 is 0.850 bits per heavy atom. The predicted octanol–water partition coefficient (Wildman–Crippen LogP) is 0.893. The van der Waals surface area contributed by atoms with E-state index in [1.165, 1.54) is 0 Å². The number of rotatable bonds is 20. The highest BCUT2D eigenvalue weighted by atomic mass is 16.6. The highest BCUT2D eigenvalue weighted by Crippen LogP contribution is 2.29. The molecular formula is C25H34N6O9. The van der Waals surface area contributed by atoms with Crippen LogP contribution in [0, 0.1) is 0 Å². The first kappa shape index (κ1) is 30.9. The molecule has 1 aromatic rings. The number of nitrogens with one attached hydrogen (secondary N) is 2. The van der Waals surface area contributed by atoms with Gasteiger partial charge in [0, 0.05) is 30.1 Å². The summed E-state index contributed by atoms with van der Waals surface area (Å²) in [7, 11) is 0. The molecule has 1 unspecified atom stereocenters. The molecule has 2 heterocycles. The standard InChI is InChI=1S/C25H34N6O9/c26-30-28-6-8-37-10-12-39-14-16-40-15-13-38-11-9-36-7-5-27-18-1-2-19-20(17-18)25(35)31(24(19)34)21-3-4-22(32)29-23(21)33/h1-2,17,21,27H,3-16H2,(H,29,32,33). The minimum Gasteiger partial charge on any atom is -0.383 e. The largest absolute Gasteiger partial charge is 0.383 e. The molecule has 1 saturated heterocycles. The van der Waals surface area contributed by atoms with E-state index in [9.17, 15) is 19.2 Å². The molecule has 1 fully saturated rings. The molecule has 2 aliphatic heterocycles. The summed E-state index contributed by atoms with van der Waals surface area (Å²) in [5.41, 5.74) is 9.22. The Morgan fingerprint density at radius 2 is 1.43 bits per heavy atom. The number of piperidine rings is 1. The van der Waals surface area contributed by atoms with Crippen LogP contribution in [0.25, 0.3) is 10.4 Å². The van der Waals surface area contributed by atoms with E-state index in [1.807, 2.05) is 0 Å². The first-order valence-electron chi connectivity index (χ1n) is 13.0.